The number of rotatable bonds is 7. The summed E-state index contributed by atoms with van der Waals surface area (Å²) < 4.78 is 30.4. The number of carbonyl (C=O) groups excluding carboxylic acids is 2. The third-order valence-corrected chi connectivity index (χ3v) is 5.30. The summed E-state index contributed by atoms with van der Waals surface area (Å²) in [5.74, 6) is 0.508. The van der Waals surface area contributed by atoms with Gasteiger partial charge in [0, 0.05) is 39.1 Å². The van der Waals surface area contributed by atoms with Crippen LogP contribution in [0.3, 0.4) is 0 Å². The van der Waals surface area contributed by atoms with E-state index in [1.54, 1.807) is 34.1 Å². The lowest BCUT2D eigenvalue weighted by Gasteiger charge is -2.33. The lowest BCUT2D eigenvalue weighted by molar-refractivity contribution is -0.134. The number of ether oxygens (including phenoxy) is 1. The molecular weight excluding hydrogens is 346 g/mol. The summed E-state index contributed by atoms with van der Waals surface area (Å²) in [6, 6.07) is 6.64. The maximum Gasteiger partial charge on any atom is 0.232 e. The molecule has 0 atom stereocenters. The molecular formula is C16H23N3O5S. The summed E-state index contributed by atoms with van der Waals surface area (Å²) >= 11 is 0. The molecule has 138 valence electrons. The molecule has 0 aromatic heterocycles. The minimum absolute atomic E-state index is 0.0674. The average molecular weight is 369 g/mol. The minimum Gasteiger partial charge on any atom is -0.497 e. The predicted molar refractivity (Wildman–Crippen MR) is 94.0 cm³/mol. The van der Waals surface area contributed by atoms with E-state index in [0.717, 1.165) is 12.7 Å². The molecule has 1 aromatic rings. The van der Waals surface area contributed by atoms with Gasteiger partial charge in [0.25, 0.3) is 0 Å². The van der Waals surface area contributed by atoms with Crippen LogP contribution in [-0.4, -0.2) is 76.6 Å². The molecule has 8 nitrogen and oxygen atoms in total. The van der Waals surface area contributed by atoms with Gasteiger partial charge in [0.2, 0.25) is 22.3 Å². The van der Waals surface area contributed by atoms with Crippen molar-refractivity contribution in [2.45, 2.75) is 6.42 Å². The summed E-state index contributed by atoms with van der Waals surface area (Å²) in [4.78, 5) is 26.3. The van der Waals surface area contributed by atoms with Gasteiger partial charge in [-0.2, -0.15) is 0 Å². The molecule has 9 heteroatoms. The monoisotopic (exact) mass is 369 g/mol. The molecule has 0 N–H and O–H groups in total. The number of amides is 2. The highest BCUT2D eigenvalue weighted by atomic mass is 32.2. The average Bonchev–Trinajstić information content (AvgIpc) is 2.61. The van der Waals surface area contributed by atoms with Crippen LogP contribution < -0.4 is 9.04 Å². The van der Waals surface area contributed by atoms with Crippen molar-refractivity contribution < 1.29 is 22.7 Å². The lowest BCUT2D eigenvalue weighted by Crippen LogP contribution is -2.48. The van der Waals surface area contributed by atoms with Gasteiger partial charge >= 0.3 is 0 Å². The van der Waals surface area contributed by atoms with Gasteiger partial charge in [-0.15, -0.1) is 0 Å². The fourth-order valence-corrected chi connectivity index (χ4v) is 3.59. The van der Waals surface area contributed by atoms with Crippen molar-refractivity contribution in [2.75, 3.05) is 50.4 Å². The van der Waals surface area contributed by atoms with E-state index in [0.29, 0.717) is 37.6 Å². The van der Waals surface area contributed by atoms with Crippen LogP contribution in [0.4, 0.5) is 5.69 Å². The number of sulfonamides is 1. The molecule has 2 amide bonds. The SMILES string of the molecule is COc1ccc(N(CCC(=O)N2CCN(C=O)CC2)S(C)(=O)=O)cc1. The Morgan fingerprint density at radius 3 is 2.28 bits per heavy atom. The molecule has 1 fully saturated rings. The third kappa shape index (κ3) is 5.09. The Balaban J connectivity index is 2.00. The maximum atomic E-state index is 12.3. The van der Waals surface area contributed by atoms with E-state index in [1.165, 1.54) is 11.4 Å². The zero-order chi connectivity index (χ0) is 18.4. The highest BCUT2D eigenvalue weighted by Gasteiger charge is 2.23. The van der Waals surface area contributed by atoms with Crippen LogP contribution in [0.25, 0.3) is 0 Å². The van der Waals surface area contributed by atoms with Crippen LogP contribution in [0.15, 0.2) is 24.3 Å². The van der Waals surface area contributed by atoms with E-state index >= 15 is 0 Å². The summed E-state index contributed by atoms with van der Waals surface area (Å²) in [6.45, 7) is 2.02. The number of anilines is 1. The third-order valence-electron chi connectivity index (χ3n) is 4.11. The molecule has 1 aliphatic rings. The van der Waals surface area contributed by atoms with E-state index in [2.05, 4.69) is 0 Å². The first-order chi connectivity index (χ1) is 11.8. The Hall–Kier alpha value is -2.29. The molecule has 0 aliphatic carbocycles. The smallest absolute Gasteiger partial charge is 0.232 e. The van der Waals surface area contributed by atoms with Gasteiger partial charge in [-0.3, -0.25) is 13.9 Å². The van der Waals surface area contributed by atoms with Crippen molar-refractivity contribution >= 4 is 28.0 Å². The van der Waals surface area contributed by atoms with Crippen molar-refractivity contribution in [1.82, 2.24) is 9.80 Å². The first-order valence-electron chi connectivity index (χ1n) is 7.94. The molecule has 0 radical (unpaired) electrons. The van der Waals surface area contributed by atoms with Crippen LogP contribution >= 0.6 is 0 Å². The number of hydrogen-bond donors (Lipinski definition) is 0. The van der Waals surface area contributed by atoms with Crippen molar-refractivity contribution in [3.63, 3.8) is 0 Å². The summed E-state index contributed by atoms with van der Waals surface area (Å²) in [7, 11) is -1.98. The van der Waals surface area contributed by atoms with E-state index in [1.807, 2.05) is 0 Å². The molecule has 1 aliphatic heterocycles. The minimum atomic E-state index is -3.51. The Kier molecular flexibility index (Phi) is 6.24. The summed E-state index contributed by atoms with van der Waals surface area (Å²) in [5, 5.41) is 0. The molecule has 1 heterocycles. The number of hydrogen-bond acceptors (Lipinski definition) is 5. The Labute approximate surface area is 148 Å². The topological polar surface area (TPSA) is 87.2 Å². The normalized spacial score (nSPS) is 15.0. The van der Waals surface area contributed by atoms with Crippen LogP contribution in [0, 0.1) is 0 Å². The molecule has 1 aromatic carbocycles. The zero-order valence-electron chi connectivity index (χ0n) is 14.4. The van der Waals surface area contributed by atoms with Crippen molar-refractivity contribution in [1.29, 1.82) is 0 Å². The van der Waals surface area contributed by atoms with Gasteiger partial charge < -0.3 is 14.5 Å². The summed E-state index contributed by atoms with van der Waals surface area (Å²) in [5.41, 5.74) is 0.488. The number of methoxy groups -OCH3 is 1. The number of piperazine rings is 1. The van der Waals surface area contributed by atoms with Crippen LogP contribution in [0.2, 0.25) is 0 Å². The highest BCUT2D eigenvalue weighted by molar-refractivity contribution is 7.92. The van der Waals surface area contributed by atoms with Gasteiger partial charge in [0.15, 0.2) is 0 Å². The van der Waals surface area contributed by atoms with Crippen LogP contribution in [0.1, 0.15) is 6.42 Å². The van der Waals surface area contributed by atoms with Gasteiger partial charge in [-0.1, -0.05) is 0 Å². The number of benzene rings is 1. The van der Waals surface area contributed by atoms with Gasteiger partial charge in [0.1, 0.15) is 5.75 Å². The van der Waals surface area contributed by atoms with Crippen LogP contribution in [0.5, 0.6) is 5.75 Å². The van der Waals surface area contributed by atoms with Crippen molar-refractivity contribution in [3.05, 3.63) is 24.3 Å². The fraction of sp³-hybridized carbons (Fsp3) is 0.500. The highest BCUT2D eigenvalue weighted by Crippen LogP contribution is 2.21. The second-order valence-corrected chi connectivity index (χ2v) is 7.71. The molecule has 0 bridgehead atoms. The second kappa shape index (κ2) is 8.19. The molecule has 0 unspecified atom stereocenters. The fourth-order valence-electron chi connectivity index (χ4n) is 2.67. The molecule has 0 spiro atoms. The van der Waals surface area contributed by atoms with Gasteiger partial charge in [-0.05, 0) is 24.3 Å². The van der Waals surface area contributed by atoms with Gasteiger partial charge in [-0.25, -0.2) is 8.42 Å². The Morgan fingerprint density at radius 2 is 1.80 bits per heavy atom. The molecule has 0 saturated carbocycles. The maximum absolute atomic E-state index is 12.3. The standard InChI is InChI=1S/C16H23N3O5S/c1-24-15-5-3-14(4-6-15)19(25(2,22)23)8-7-16(21)18-11-9-17(13-20)10-12-18/h3-6,13H,7-12H2,1-2H3. The van der Waals surface area contributed by atoms with E-state index < -0.39 is 10.0 Å². The van der Waals surface area contributed by atoms with E-state index in [-0.39, 0.29) is 18.9 Å². The van der Waals surface area contributed by atoms with Crippen molar-refractivity contribution in [3.8, 4) is 5.75 Å². The van der Waals surface area contributed by atoms with E-state index in [4.69, 9.17) is 4.74 Å². The van der Waals surface area contributed by atoms with Crippen molar-refractivity contribution in [2.24, 2.45) is 0 Å². The Morgan fingerprint density at radius 1 is 1.20 bits per heavy atom. The number of nitrogens with zero attached hydrogens (tertiary/aromatic N) is 3. The molecule has 25 heavy (non-hydrogen) atoms. The number of carbonyl (C=O) groups is 2. The largest absolute Gasteiger partial charge is 0.497 e. The van der Waals surface area contributed by atoms with E-state index in [9.17, 15) is 18.0 Å². The first-order valence-corrected chi connectivity index (χ1v) is 9.79. The second-order valence-electron chi connectivity index (χ2n) is 5.81. The molecule has 2 rings (SSSR count). The summed E-state index contributed by atoms with van der Waals surface area (Å²) in [6.07, 6.45) is 1.97. The van der Waals surface area contributed by atoms with Crippen LogP contribution in [-0.2, 0) is 19.6 Å². The zero-order valence-corrected chi connectivity index (χ0v) is 15.2. The quantitative estimate of drug-likeness (QED) is 0.639. The predicted octanol–water partition coefficient (Wildman–Crippen LogP) is 0.152. The van der Waals surface area contributed by atoms with Gasteiger partial charge in [0.05, 0.1) is 19.1 Å². The Bertz CT molecular complexity index is 697. The first kappa shape index (κ1) is 19.0. The lowest BCUT2D eigenvalue weighted by atomic mass is 10.2. The molecule has 1 saturated heterocycles.